The molecular formula is C22H27NO3. The zero-order valence-corrected chi connectivity index (χ0v) is 15.3. The Morgan fingerprint density at radius 3 is 2.23 bits per heavy atom. The molecule has 0 aliphatic rings. The molecule has 1 amide bonds. The molecule has 0 unspecified atom stereocenters. The van der Waals surface area contributed by atoms with Crippen molar-refractivity contribution < 1.29 is 14.3 Å². The Kier molecular flexibility index (Phi) is 8.40. The van der Waals surface area contributed by atoms with Gasteiger partial charge in [-0.3, -0.25) is 4.79 Å². The molecule has 0 aromatic heterocycles. The summed E-state index contributed by atoms with van der Waals surface area (Å²) < 4.78 is 5.41. The van der Waals surface area contributed by atoms with E-state index in [9.17, 15) is 9.59 Å². The van der Waals surface area contributed by atoms with Crippen LogP contribution in [0.5, 0.6) is 0 Å². The number of carbonyl (C=O) groups excluding carboxylic acids is 2. The Labute approximate surface area is 155 Å². The van der Waals surface area contributed by atoms with Crippen LogP contribution in [0.25, 0.3) is 0 Å². The lowest BCUT2D eigenvalue weighted by molar-refractivity contribution is -0.146. The zero-order chi connectivity index (χ0) is 18.6. The third kappa shape index (κ3) is 6.71. The predicted octanol–water partition coefficient (Wildman–Crippen LogP) is 4.15. The van der Waals surface area contributed by atoms with Gasteiger partial charge in [-0.1, -0.05) is 74.7 Å². The van der Waals surface area contributed by atoms with Crippen LogP contribution in [-0.4, -0.2) is 24.5 Å². The average Bonchev–Trinajstić information content (AvgIpc) is 2.68. The minimum absolute atomic E-state index is 0.269. The van der Waals surface area contributed by atoms with Crippen molar-refractivity contribution in [3.05, 3.63) is 71.8 Å². The van der Waals surface area contributed by atoms with Crippen molar-refractivity contribution in [2.75, 3.05) is 6.61 Å². The topological polar surface area (TPSA) is 55.4 Å². The number of carbonyl (C=O) groups is 2. The zero-order valence-electron chi connectivity index (χ0n) is 15.3. The van der Waals surface area contributed by atoms with Crippen LogP contribution >= 0.6 is 0 Å². The summed E-state index contributed by atoms with van der Waals surface area (Å²) >= 11 is 0. The van der Waals surface area contributed by atoms with Crippen molar-refractivity contribution in [1.29, 1.82) is 0 Å². The smallest absolute Gasteiger partial charge is 0.328 e. The first-order valence-corrected chi connectivity index (χ1v) is 9.27. The molecule has 1 atom stereocenters. The van der Waals surface area contributed by atoms with Crippen LogP contribution in [0.3, 0.4) is 0 Å². The summed E-state index contributed by atoms with van der Waals surface area (Å²) in [6.07, 6.45) is 4.58. The van der Waals surface area contributed by atoms with Gasteiger partial charge in [0, 0.05) is 12.0 Å². The van der Waals surface area contributed by atoms with E-state index >= 15 is 0 Å². The number of hydrogen-bond donors (Lipinski definition) is 1. The number of unbranched alkanes of at least 4 members (excludes halogenated alkanes) is 3. The third-order valence-corrected chi connectivity index (χ3v) is 4.15. The first kappa shape index (κ1) is 19.7. The number of esters is 1. The Balaban J connectivity index is 1.98. The molecule has 4 nitrogen and oxygen atoms in total. The van der Waals surface area contributed by atoms with Gasteiger partial charge >= 0.3 is 5.97 Å². The Morgan fingerprint density at radius 1 is 0.923 bits per heavy atom. The van der Waals surface area contributed by atoms with Gasteiger partial charge in [0.15, 0.2) is 0 Å². The maximum absolute atomic E-state index is 12.5. The Hall–Kier alpha value is -2.62. The van der Waals surface area contributed by atoms with Crippen molar-refractivity contribution in [2.24, 2.45) is 0 Å². The van der Waals surface area contributed by atoms with Crippen molar-refractivity contribution >= 4 is 11.9 Å². The van der Waals surface area contributed by atoms with E-state index in [1.165, 1.54) is 0 Å². The molecule has 0 radical (unpaired) electrons. The predicted molar refractivity (Wildman–Crippen MR) is 103 cm³/mol. The van der Waals surface area contributed by atoms with Crippen molar-refractivity contribution in [3.8, 4) is 0 Å². The molecule has 0 bridgehead atoms. The second-order valence-electron chi connectivity index (χ2n) is 6.31. The summed E-state index contributed by atoms with van der Waals surface area (Å²) in [5.74, 6) is -0.649. The normalized spacial score (nSPS) is 11.6. The largest absolute Gasteiger partial charge is 0.464 e. The number of benzene rings is 2. The second-order valence-corrected chi connectivity index (χ2v) is 6.31. The van der Waals surface area contributed by atoms with Crippen molar-refractivity contribution in [3.63, 3.8) is 0 Å². The fourth-order valence-electron chi connectivity index (χ4n) is 2.68. The summed E-state index contributed by atoms with van der Waals surface area (Å²) in [7, 11) is 0. The fourth-order valence-corrected chi connectivity index (χ4v) is 2.68. The molecule has 0 saturated heterocycles. The van der Waals surface area contributed by atoms with E-state index in [-0.39, 0.29) is 11.9 Å². The monoisotopic (exact) mass is 353 g/mol. The summed E-state index contributed by atoms with van der Waals surface area (Å²) in [5.41, 5.74) is 1.51. The van der Waals surface area contributed by atoms with E-state index in [2.05, 4.69) is 12.2 Å². The number of ether oxygens (including phenoxy) is 1. The van der Waals surface area contributed by atoms with Gasteiger partial charge in [-0.15, -0.1) is 0 Å². The molecular weight excluding hydrogens is 326 g/mol. The third-order valence-electron chi connectivity index (χ3n) is 4.15. The first-order chi connectivity index (χ1) is 12.7. The number of nitrogens with one attached hydrogen (secondary N) is 1. The maximum Gasteiger partial charge on any atom is 0.328 e. The molecule has 0 saturated carbocycles. The lowest BCUT2D eigenvalue weighted by Crippen LogP contribution is -2.43. The van der Waals surface area contributed by atoms with E-state index in [1.807, 2.05) is 36.4 Å². The number of amides is 1. The highest BCUT2D eigenvalue weighted by molar-refractivity contribution is 5.96. The van der Waals surface area contributed by atoms with Crippen LogP contribution in [0, 0.1) is 0 Å². The van der Waals surface area contributed by atoms with Gasteiger partial charge in [0.2, 0.25) is 0 Å². The highest BCUT2D eigenvalue weighted by Gasteiger charge is 2.23. The molecule has 138 valence electrons. The lowest BCUT2D eigenvalue weighted by atomic mass is 10.1. The molecule has 0 aliphatic carbocycles. The maximum atomic E-state index is 12.5. The van der Waals surface area contributed by atoms with Crippen molar-refractivity contribution in [2.45, 2.75) is 45.1 Å². The summed E-state index contributed by atoms with van der Waals surface area (Å²) in [5, 5.41) is 2.82. The number of rotatable bonds is 10. The van der Waals surface area contributed by atoms with Gasteiger partial charge in [-0.25, -0.2) is 4.79 Å². The number of hydrogen-bond acceptors (Lipinski definition) is 3. The SMILES string of the molecule is CCCCCCOC(=O)[C@@H](Cc1ccccc1)NC(=O)c1ccccc1. The van der Waals surface area contributed by atoms with Crippen LogP contribution in [0.4, 0.5) is 0 Å². The summed E-state index contributed by atoms with van der Waals surface area (Å²) in [6.45, 7) is 2.53. The van der Waals surface area contributed by atoms with E-state index in [0.29, 0.717) is 18.6 Å². The minimum atomic E-state index is -0.698. The van der Waals surface area contributed by atoms with Crippen LogP contribution in [-0.2, 0) is 16.0 Å². The van der Waals surface area contributed by atoms with E-state index in [4.69, 9.17) is 4.74 Å². The highest BCUT2D eigenvalue weighted by Crippen LogP contribution is 2.08. The molecule has 0 fully saturated rings. The molecule has 2 rings (SSSR count). The van der Waals surface area contributed by atoms with Crippen LogP contribution in [0.15, 0.2) is 60.7 Å². The Bertz CT molecular complexity index is 670. The second kappa shape index (κ2) is 11.1. The van der Waals surface area contributed by atoms with Crippen molar-refractivity contribution in [1.82, 2.24) is 5.32 Å². The van der Waals surface area contributed by atoms with Crippen LogP contribution in [0.2, 0.25) is 0 Å². The van der Waals surface area contributed by atoms with Gasteiger partial charge in [-0.05, 0) is 24.1 Å². The molecule has 0 heterocycles. The summed E-state index contributed by atoms with van der Waals surface area (Å²) in [4.78, 5) is 25.0. The fraction of sp³-hybridized carbons (Fsp3) is 0.364. The molecule has 2 aromatic carbocycles. The van der Waals surface area contributed by atoms with Gasteiger partial charge in [0.1, 0.15) is 6.04 Å². The molecule has 0 spiro atoms. The van der Waals surface area contributed by atoms with Gasteiger partial charge in [0.25, 0.3) is 5.91 Å². The standard InChI is InChI=1S/C22H27NO3/c1-2-3-4-11-16-26-22(25)20(17-18-12-7-5-8-13-18)23-21(24)19-14-9-6-10-15-19/h5-10,12-15,20H,2-4,11,16-17H2,1H3,(H,23,24)/t20-/m1/s1. The van der Waals surface area contributed by atoms with Crippen LogP contribution < -0.4 is 5.32 Å². The average molecular weight is 353 g/mol. The van der Waals surface area contributed by atoms with Gasteiger partial charge in [0.05, 0.1) is 6.61 Å². The van der Waals surface area contributed by atoms with E-state index in [1.54, 1.807) is 24.3 Å². The van der Waals surface area contributed by atoms with E-state index in [0.717, 1.165) is 31.2 Å². The first-order valence-electron chi connectivity index (χ1n) is 9.27. The Morgan fingerprint density at radius 2 is 1.58 bits per heavy atom. The lowest BCUT2D eigenvalue weighted by Gasteiger charge is -2.18. The molecule has 2 aromatic rings. The highest BCUT2D eigenvalue weighted by atomic mass is 16.5. The molecule has 26 heavy (non-hydrogen) atoms. The van der Waals surface area contributed by atoms with Gasteiger partial charge < -0.3 is 10.1 Å². The van der Waals surface area contributed by atoms with Gasteiger partial charge in [-0.2, -0.15) is 0 Å². The molecule has 4 heteroatoms. The summed E-state index contributed by atoms with van der Waals surface area (Å²) in [6, 6.07) is 17.8. The van der Waals surface area contributed by atoms with Crippen LogP contribution in [0.1, 0.15) is 48.5 Å². The minimum Gasteiger partial charge on any atom is -0.464 e. The molecule has 0 aliphatic heterocycles. The molecule has 1 N–H and O–H groups in total. The quantitative estimate of drug-likeness (QED) is 0.516. The van der Waals surface area contributed by atoms with E-state index < -0.39 is 6.04 Å².